The van der Waals surface area contributed by atoms with Gasteiger partial charge in [-0.15, -0.1) is 0 Å². The fraction of sp³-hybridized carbons (Fsp3) is 1.00. The standard InChI is InChI=1S/C24H39NO7/c1-5-25-9-22(10-30-2)7-6-13(26)23-12-8-11-16(27)14(12)24(29,21(28)17(11)31-3)15(20(23)25)18(32-4)19(22)23/h11-21,26-29H,5-10H2,1-4H3/t11-,12+,13?,14+,15?,16-,17+,18?,19+,20?,21+,22-,23?,24+/m0/s1. The molecule has 8 heteroatoms. The molecule has 1 saturated heterocycles. The van der Waals surface area contributed by atoms with Gasteiger partial charge < -0.3 is 34.6 Å². The number of aliphatic hydroxyl groups is 4. The van der Waals surface area contributed by atoms with Gasteiger partial charge >= 0.3 is 0 Å². The highest BCUT2D eigenvalue weighted by Crippen LogP contribution is 2.79. The van der Waals surface area contributed by atoms with Crippen molar-refractivity contribution in [3.63, 3.8) is 0 Å². The lowest BCUT2D eigenvalue weighted by Crippen LogP contribution is -2.78. The number of hydrogen-bond acceptors (Lipinski definition) is 8. The maximum Gasteiger partial charge on any atom is 0.110 e. The second kappa shape index (κ2) is 6.88. The Hall–Kier alpha value is -0.320. The third-order valence-electron chi connectivity index (χ3n) is 11.2. The first-order valence-electron chi connectivity index (χ1n) is 12.3. The molecule has 1 heterocycles. The van der Waals surface area contributed by atoms with Crippen molar-refractivity contribution in [2.45, 2.75) is 68.3 Å². The van der Waals surface area contributed by atoms with Crippen LogP contribution in [0.5, 0.6) is 0 Å². The number of nitrogens with zero attached hydrogens (tertiary/aromatic N) is 1. The lowest BCUT2D eigenvalue weighted by molar-refractivity contribution is -0.297. The number of likely N-dealkylation sites (tertiary alicyclic amines) is 1. The molecular formula is C24H39NO7. The zero-order valence-corrected chi connectivity index (χ0v) is 19.6. The van der Waals surface area contributed by atoms with Crippen LogP contribution in [0.4, 0.5) is 0 Å². The van der Waals surface area contributed by atoms with Crippen molar-refractivity contribution < 1.29 is 34.6 Å². The lowest BCUT2D eigenvalue weighted by atomic mass is 9.43. The Morgan fingerprint density at radius 1 is 1.03 bits per heavy atom. The summed E-state index contributed by atoms with van der Waals surface area (Å²) in [7, 11) is 4.98. The minimum atomic E-state index is -1.54. The first-order valence-corrected chi connectivity index (χ1v) is 12.3. The zero-order valence-electron chi connectivity index (χ0n) is 19.6. The third-order valence-corrected chi connectivity index (χ3v) is 11.2. The molecule has 4 N–H and O–H groups in total. The molecule has 182 valence electrons. The molecule has 1 spiro atoms. The van der Waals surface area contributed by atoms with Crippen LogP contribution in [0.15, 0.2) is 0 Å². The molecule has 1 aliphatic heterocycles. The normalized spacial score (nSPS) is 62.4. The molecule has 14 atom stereocenters. The molecule has 6 fully saturated rings. The van der Waals surface area contributed by atoms with Gasteiger partial charge in [-0.25, -0.2) is 0 Å². The van der Waals surface area contributed by atoms with Gasteiger partial charge in [0.1, 0.15) is 11.7 Å². The molecule has 0 aromatic heterocycles. The van der Waals surface area contributed by atoms with Gasteiger partial charge in [-0.2, -0.15) is 0 Å². The van der Waals surface area contributed by atoms with Gasteiger partial charge in [0.25, 0.3) is 0 Å². The van der Waals surface area contributed by atoms with Crippen LogP contribution in [0, 0.1) is 40.4 Å². The van der Waals surface area contributed by atoms with E-state index in [0.717, 1.165) is 19.5 Å². The van der Waals surface area contributed by atoms with E-state index in [1.165, 1.54) is 0 Å². The second-order valence-electron chi connectivity index (χ2n) is 11.6. The highest BCUT2D eigenvalue weighted by atomic mass is 16.5. The van der Waals surface area contributed by atoms with Gasteiger partial charge in [-0.3, -0.25) is 4.90 Å². The van der Waals surface area contributed by atoms with Crippen molar-refractivity contribution in [2.24, 2.45) is 40.4 Å². The van der Waals surface area contributed by atoms with Gasteiger partial charge in [-0.1, -0.05) is 6.92 Å². The third kappa shape index (κ3) is 2.07. The Balaban J connectivity index is 1.64. The molecule has 5 aliphatic carbocycles. The van der Waals surface area contributed by atoms with Crippen molar-refractivity contribution in [2.75, 3.05) is 41.0 Å². The number of ether oxygens (including phenoxy) is 3. The number of piperidine rings is 1. The molecule has 0 aromatic rings. The summed E-state index contributed by atoms with van der Waals surface area (Å²) in [6.07, 6.45) is -1.22. The predicted octanol–water partition coefficient (Wildman–Crippen LogP) is -0.527. The van der Waals surface area contributed by atoms with Crippen molar-refractivity contribution in [1.29, 1.82) is 0 Å². The van der Waals surface area contributed by atoms with E-state index in [-0.39, 0.29) is 35.3 Å². The van der Waals surface area contributed by atoms with Crippen LogP contribution < -0.4 is 0 Å². The Kier molecular flexibility index (Phi) is 4.76. The van der Waals surface area contributed by atoms with E-state index in [4.69, 9.17) is 14.2 Å². The smallest absolute Gasteiger partial charge is 0.110 e. The van der Waals surface area contributed by atoms with Gasteiger partial charge in [-0.05, 0) is 31.7 Å². The van der Waals surface area contributed by atoms with E-state index in [2.05, 4.69) is 11.8 Å². The van der Waals surface area contributed by atoms with E-state index in [0.29, 0.717) is 19.4 Å². The fourth-order valence-electron chi connectivity index (χ4n) is 10.7. The van der Waals surface area contributed by atoms with Gasteiger partial charge in [0.05, 0.1) is 31.0 Å². The summed E-state index contributed by atoms with van der Waals surface area (Å²) in [6, 6.07) is -0.120. The molecule has 0 radical (unpaired) electrons. The molecule has 7 bridgehead atoms. The molecule has 0 amide bonds. The number of fused-ring (bicyclic) bond motifs is 2. The maximum atomic E-state index is 12.5. The largest absolute Gasteiger partial charge is 0.392 e. The SMILES string of the molecule is CCN1C[C@]2(COC)CCC(O)C34C1C(C(OC)[C@@H]32)[C@]1(O)[C@H]2[C@@H](O)[C@H](C[C@H]24)[C@@H](OC)[C@H]1O. The number of hydrogen-bond donors (Lipinski definition) is 4. The molecule has 5 saturated carbocycles. The molecule has 6 aliphatic rings. The average Bonchev–Trinajstić information content (AvgIpc) is 3.19. The molecule has 0 aromatic carbocycles. The summed E-state index contributed by atoms with van der Waals surface area (Å²) in [6.45, 7) is 4.33. The van der Waals surface area contributed by atoms with Gasteiger partial charge in [0.15, 0.2) is 0 Å². The minimum absolute atomic E-state index is 0.000250. The number of methoxy groups -OCH3 is 3. The Morgan fingerprint density at radius 3 is 2.38 bits per heavy atom. The fourth-order valence-corrected chi connectivity index (χ4v) is 10.7. The van der Waals surface area contributed by atoms with Crippen LogP contribution in [0.25, 0.3) is 0 Å². The number of aliphatic hydroxyl groups excluding tert-OH is 3. The lowest BCUT2D eigenvalue weighted by Gasteiger charge is -2.69. The summed E-state index contributed by atoms with van der Waals surface area (Å²) in [5.41, 5.74) is -2.24. The second-order valence-corrected chi connectivity index (χ2v) is 11.6. The summed E-state index contributed by atoms with van der Waals surface area (Å²) >= 11 is 0. The van der Waals surface area contributed by atoms with Crippen molar-refractivity contribution in [3.8, 4) is 0 Å². The topological polar surface area (TPSA) is 112 Å². The Morgan fingerprint density at radius 2 is 1.75 bits per heavy atom. The summed E-state index contributed by atoms with van der Waals surface area (Å²) in [5, 5.41) is 47.3. The van der Waals surface area contributed by atoms with Gasteiger partial charge in [0, 0.05) is 68.4 Å². The van der Waals surface area contributed by atoms with Crippen LogP contribution in [-0.4, -0.2) is 109 Å². The maximum absolute atomic E-state index is 12.5. The molecule has 8 nitrogen and oxygen atoms in total. The Labute approximate surface area is 189 Å². The number of rotatable bonds is 5. The first-order chi connectivity index (χ1) is 15.3. The summed E-state index contributed by atoms with van der Waals surface area (Å²) in [4.78, 5) is 2.42. The van der Waals surface area contributed by atoms with Gasteiger partial charge in [0.2, 0.25) is 0 Å². The monoisotopic (exact) mass is 453 g/mol. The van der Waals surface area contributed by atoms with Crippen LogP contribution >= 0.6 is 0 Å². The Bertz CT molecular complexity index is 783. The molecule has 6 rings (SSSR count). The quantitative estimate of drug-likeness (QED) is 0.440. The molecule has 32 heavy (non-hydrogen) atoms. The summed E-state index contributed by atoms with van der Waals surface area (Å²) < 4.78 is 17.7. The van der Waals surface area contributed by atoms with E-state index in [9.17, 15) is 20.4 Å². The van der Waals surface area contributed by atoms with Crippen molar-refractivity contribution in [1.82, 2.24) is 4.90 Å². The van der Waals surface area contributed by atoms with Crippen molar-refractivity contribution >= 4 is 0 Å². The van der Waals surface area contributed by atoms with E-state index in [1.807, 2.05) is 0 Å². The average molecular weight is 454 g/mol. The van der Waals surface area contributed by atoms with Crippen LogP contribution in [0.1, 0.15) is 26.2 Å². The minimum Gasteiger partial charge on any atom is -0.392 e. The van der Waals surface area contributed by atoms with E-state index in [1.54, 1.807) is 21.3 Å². The van der Waals surface area contributed by atoms with Crippen molar-refractivity contribution in [3.05, 3.63) is 0 Å². The predicted molar refractivity (Wildman–Crippen MR) is 114 cm³/mol. The van der Waals surface area contributed by atoms with E-state index >= 15 is 0 Å². The van der Waals surface area contributed by atoms with Crippen LogP contribution in [0.3, 0.4) is 0 Å². The van der Waals surface area contributed by atoms with Crippen LogP contribution in [-0.2, 0) is 14.2 Å². The highest BCUT2D eigenvalue weighted by molar-refractivity contribution is 5.36. The first kappa shape index (κ1) is 22.2. The highest BCUT2D eigenvalue weighted by Gasteiger charge is 2.87. The van der Waals surface area contributed by atoms with E-state index < -0.39 is 47.3 Å². The van der Waals surface area contributed by atoms with Crippen LogP contribution in [0.2, 0.25) is 0 Å². The summed E-state index contributed by atoms with van der Waals surface area (Å²) in [5.74, 6) is -1.29. The molecule has 5 unspecified atom stereocenters. The molecular weight excluding hydrogens is 414 g/mol. The zero-order chi connectivity index (χ0) is 22.8.